The molecule has 0 unspecified atom stereocenters. The topological polar surface area (TPSA) is 26.3 Å². The lowest BCUT2D eigenvalue weighted by Crippen LogP contribution is -1.93. The van der Waals surface area contributed by atoms with E-state index < -0.39 is 5.97 Å². The molecule has 0 radical (unpaired) electrons. The summed E-state index contributed by atoms with van der Waals surface area (Å²) in [4.78, 5) is 11.4. The van der Waals surface area contributed by atoms with Crippen molar-refractivity contribution in [3.05, 3.63) is 22.4 Å². The van der Waals surface area contributed by atoms with Crippen LogP contribution < -0.4 is 0 Å². The molecule has 0 spiro atoms. The fourth-order valence-electron chi connectivity index (χ4n) is 0.513. The Morgan fingerprint density at radius 2 is 2.55 bits per heavy atom. The maximum atomic E-state index is 10.5. The molecule has 0 saturated carbocycles. The second-order valence-corrected chi connectivity index (χ2v) is 2.67. The maximum absolute atomic E-state index is 10.5. The second-order valence-electron chi connectivity index (χ2n) is 1.72. The lowest BCUT2D eigenvalue weighted by atomic mass is 10.4. The van der Waals surface area contributed by atoms with Crippen LogP contribution in [0.3, 0.4) is 0 Å². The summed E-state index contributed by atoms with van der Waals surface area (Å²) in [6.45, 7) is 0. The molecule has 0 fully saturated rings. The molecule has 0 aromatic carbocycles. The molecule has 0 amide bonds. The van der Waals surface area contributed by atoms with E-state index in [1.807, 2.05) is 17.5 Å². The number of rotatable bonds is 0. The zero-order chi connectivity index (χ0) is 8.10. The molecule has 0 bridgehead atoms. The third-order valence-corrected chi connectivity index (χ3v) is 1.78. The van der Waals surface area contributed by atoms with E-state index in [0.29, 0.717) is 0 Å². The highest BCUT2D eigenvalue weighted by Gasteiger charge is 1.89. The van der Waals surface area contributed by atoms with E-state index in [-0.39, 0.29) is 0 Å². The van der Waals surface area contributed by atoms with E-state index in [2.05, 4.69) is 16.6 Å². The number of hydrogen-bond donors (Lipinski definition) is 0. The third-order valence-electron chi connectivity index (χ3n) is 0.994. The van der Waals surface area contributed by atoms with Crippen LogP contribution in [0.25, 0.3) is 0 Å². The van der Waals surface area contributed by atoms with Crippen molar-refractivity contribution >= 4 is 17.3 Å². The van der Waals surface area contributed by atoms with Crippen LogP contribution in [0.5, 0.6) is 0 Å². The highest BCUT2D eigenvalue weighted by molar-refractivity contribution is 7.10. The van der Waals surface area contributed by atoms with Crippen molar-refractivity contribution < 1.29 is 9.53 Å². The van der Waals surface area contributed by atoms with Crippen molar-refractivity contribution in [3.63, 3.8) is 0 Å². The normalized spacial score (nSPS) is 8.09. The molecule has 1 heterocycles. The summed E-state index contributed by atoms with van der Waals surface area (Å²) in [5, 5.41) is 1.90. The van der Waals surface area contributed by atoms with Gasteiger partial charge in [0.2, 0.25) is 0 Å². The number of thiophene rings is 1. The predicted molar refractivity (Wildman–Crippen MR) is 43.2 cm³/mol. The Balaban J connectivity index is 2.66. The van der Waals surface area contributed by atoms with Crippen LogP contribution in [0.4, 0.5) is 0 Å². The number of carbonyl (C=O) groups excluding carboxylic acids is 1. The summed E-state index contributed by atoms with van der Waals surface area (Å²) >= 11 is 1.49. The van der Waals surface area contributed by atoms with Crippen molar-refractivity contribution in [2.24, 2.45) is 0 Å². The minimum atomic E-state index is -0.501. The van der Waals surface area contributed by atoms with Crippen LogP contribution in [0.1, 0.15) is 4.88 Å². The van der Waals surface area contributed by atoms with Crippen molar-refractivity contribution in [3.8, 4) is 11.8 Å². The van der Waals surface area contributed by atoms with E-state index in [1.54, 1.807) is 0 Å². The van der Waals surface area contributed by atoms with Crippen molar-refractivity contribution in [2.45, 2.75) is 0 Å². The maximum Gasteiger partial charge on any atom is 0.384 e. The van der Waals surface area contributed by atoms with E-state index in [9.17, 15) is 4.79 Å². The molecule has 0 aliphatic heterocycles. The van der Waals surface area contributed by atoms with Gasteiger partial charge in [-0.25, -0.2) is 4.79 Å². The minimum absolute atomic E-state index is 0.501. The van der Waals surface area contributed by atoms with E-state index in [1.165, 1.54) is 18.4 Å². The number of esters is 1. The molecule has 2 nitrogen and oxygen atoms in total. The number of hydrogen-bond acceptors (Lipinski definition) is 3. The summed E-state index contributed by atoms with van der Waals surface area (Å²) in [6, 6.07) is 3.73. The first-order valence-corrected chi connectivity index (χ1v) is 3.84. The van der Waals surface area contributed by atoms with Gasteiger partial charge in [-0.15, -0.1) is 11.3 Å². The Morgan fingerprint density at radius 1 is 1.73 bits per heavy atom. The average Bonchev–Trinajstić information content (AvgIpc) is 2.52. The molecule has 56 valence electrons. The lowest BCUT2D eigenvalue weighted by Gasteiger charge is -1.82. The van der Waals surface area contributed by atoms with Gasteiger partial charge in [0.25, 0.3) is 0 Å². The van der Waals surface area contributed by atoms with Crippen LogP contribution in [-0.4, -0.2) is 13.1 Å². The summed E-state index contributed by atoms with van der Waals surface area (Å²) < 4.78 is 4.34. The van der Waals surface area contributed by atoms with Crippen LogP contribution >= 0.6 is 11.3 Å². The first-order valence-electron chi connectivity index (χ1n) is 2.96. The largest absolute Gasteiger partial charge is 0.459 e. The van der Waals surface area contributed by atoms with Gasteiger partial charge in [-0.1, -0.05) is 6.07 Å². The van der Waals surface area contributed by atoms with Gasteiger partial charge in [-0.3, -0.25) is 0 Å². The Morgan fingerprint density at radius 3 is 3.09 bits per heavy atom. The standard InChI is InChI=1S/C8H6O2S/c1-10-8(9)5-4-7-3-2-6-11-7/h2-3,6H,1H3. The zero-order valence-corrected chi connectivity index (χ0v) is 6.77. The smallest absolute Gasteiger partial charge is 0.384 e. The molecule has 0 aliphatic rings. The molecular formula is C8H6O2S. The summed E-state index contributed by atoms with van der Waals surface area (Å²) in [7, 11) is 1.31. The summed E-state index contributed by atoms with van der Waals surface area (Å²) in [6.07, 6.45) is 0. The van der Waals surface area contributed by atoms with Crippen LogP contribution in [0.2, 0.25) is 0 Å². The molecular weight excluding hydrogens is 160 g/mol. The Kier molecular flexibility index (Phi) is 2.70. The molecule has 0 N–H and O–H groups in total. The fraction of sp³-hybridized carbons (Fsp3) is 0.125. The molecule has 0 aliphatic carbocycles. The molecule has 1 aromatic heterocycles. The quantitative estimate of drug-likeness (QED) is 0.428. The zero-order valence-electron chi connectivity index (χ0n) is 5.96. The molecule has 0 atom stereocenters. The second kappa shape index (κ2) is 3.79. The van der Waals surface area contributed by atoms with Gasteiger partial charge in [0.15, 0.2) is 0 Å². The summed E-state index contributed by atoms with van der Waals surface area (Å²) in [5.41, 5.74) is 0. The minimum Gasteiger partial charge on any atom is -0.459 e. The predicted octanol–water partition coefficient (Wildman–Crippen LogP) is 1.27. The van der Waals surface area contributed by atoms with Gasteiger partial charge in [-0.2, -0.15) is 0 Å². The Hall–Kier alpha value is -1.27. The van der Waals surface area contributed by atoms with Gasteiger partial charge in [0.1, 0.15) is 0 Å². The third kappa shape index (κ3) is 2.44. The van der Waals surface area contributed by atoms with Crippen molar-refractivity contribution in [1.29, 1.82) is 0 Å². The Labute approximate surface area is 68.8 Å². The first kappa shape index (κ1) is 7.83. The molecule has 0 saturated heterocycles. The van der Waals surface area contributed by atoms with Crippen molar-refractivity contribution in [2.75, 3.05) is 7.11 Å². The van der Waals surface area contributed by atoms with E-state index in [4.69, 9.17) is 0 Å². The monoisotopic (exact) mass is 166 g/mol. The highest BCUT2D eigenvalue weighted by atomic mass is 32.1. The van der Waals surface area contributed by atoms with Gasteiger partial charge in [0, 0.05) is 5.92 Å². The van der Waals surface area contributed by atoms with Crippen molar-refractivity contribution in [1.82, 2.24) is 0 Å². The highest BCUT2D eigenvalue weighted by Crippen LogP contribution is 2.05. The van der Waals surface area contributed by atoms with Gasteiger partial charge in [-0.05, 0) is 17.4 Å². The first-order chi connectivity index (χ1) is 5.33. The van der Waals surface area contributed by atoms with Crippen LogP contribution in [0.15, 0.2) is 17.5 Å². The summed E-state index contributed by atoms with van der Waals surface area (Å²) in [5.74, 6) is 4.50. The average molecular weight is 166 g/mol. The van der Waals surface area contributed by atoms with E-state index in [0.717, 1.165) is 4.88 Å². The van der Waals surface area contributed by atoms with Crippen LogP contribution in [0, 0.1) is 11.8 Å². The molecule has 1 rings (SSSR count). The number of carbonyl (C=O) groups is 1. The number of methoxy groups -OCH3 is 1. The molecule has 1 aromatic rings. The van der Waals surface area contributed by atoms with Gasteiger partial charge in [0.05, 0.1) is 12.0 Å². The lowest BCUT2D eigenvalue weighted by molar-refractivity contribution is -0.133. The van der Waals surface area contributed by atoms with E-state index >= 15 is 0 Å². The Bertz CT molecular complexity index is 290. The van der Waals surface area contributed by atoms with Gasteiger partial charge >= 0.3 is 5.97 Å². The fourth-order valence-corrected chi connectivity index (χ4v) is 1.08. The molecule has 3 heteroatoms. The van der Waals surface area contributed by atoms with Crippen LogP contribution in [-0.2, 0) is 9.53 Å². The number of ether oxygens (including phenoxy) is 1. The molecule has 11 heavy (non-hydrogen) atoms. The SMILES string of the molecule is COC(=O)C#Cc1cccs1. The van der Waals surface area contributed by atoms with Gasteiger partial charge < -0.3 is 4.74 Å².